The van der Waals surface area contributed by atoms with E-state index in [0.29, 0.717) is 23.8 Å². The van der Waals surface area contributed by atoms with Gasteiger partial charge in [-0.05, 0) is 66.8 Å². The zero-order chi connectivity index (χ0) is 25.9. The average molecular weight is 513 g/mol. The number of hydrogen-bond donors (Lipinski definition) is 3. The van der Waals surface area contributed by atoms with Crippen LogP contribution < -0.4 is 15.4 Å². The van der Waals surface area contributed by atoms with Crippen LogP contribution in [0, 0.1) is 11.8 Å². The summed E-state index contributed by atoms with van der Waals surface area (Å²) in [6.45, 7) is 4.86. The number of sulfonamides is 1. The van der Waals surface area contributed by atoms with Gasteiger partial charge in [-0.15, -0.1) is 0 Å². The quantitative estimate of drug-likeness (QED) is 0.547. The topological polar surface area (TPSA) is 125 Å². The van der Waals surface area contributed by atoms with Crippen molar-refractivity contribution in [1.29, 1.82) is 0 Å². The molecule has 0 spiro atoms. The maximum Gasteiger partial charge on any atom is 0.328 e. The molecule has 1 fully saturated rings. The van der Waals surface area contributed by atoms with E-state index in [-0.39, 0.29) is 29.9 Å². The Balaban J connectivity index is 1.24. The van der Waals surface area contributed by atoms with Gasteiger partial charge in [0, 0.05) is 18.2 Å². The largest absolute Gasteiger partial charge is 0.337 e. The highest BCUT2D eigenvalue weighted by Crippen LogP contribution is 2.29. The van der Waals surface area contributed by atoms with Crippen molar-refractivity contribution in [2.24, 2.45) is 11.8 Å². The van der Waals surface area contributed by atoms with Gasteiger partial charge in [0.15, 0.2) is 0 Å². The fourth-order valence-electron chi connectivity index (χ4n) is 4.74. The van der Waals surface area contributed by atoms with Gasteiger partial charge in [0.1, 0.15) is 0 Å². The van der Waals surface area contributed by atoms with Crippen molar-refractivity contribution < 1.29 is 22.8 Å². The van der Waals surface area contributed by atoms with Crippen molar-refractivity contribution in [1.82, 2.24) is 20.3 Å². The van der Waals surface area contributed by atoms with Crippen molar-refractivity contribution in [3.05, 3.63) is 65.2 Å². The summed E-state index contributed by atoms with van der Waals surface area (Å²) in [6, 6.07) is 12.0. The Morgan fingerprint density at radius 3 is 2.42 bits per heavy atom. The Bertz CT molecular complexity index is 1250. The molecule has 9 nitrogen and oxygen atoms in total. The van der Waals surface area contributed by atoms with E-state index in [1.807, 2.05) is 12.1 Å². The van der Waals surface area contributed by atoms with Crippen LogP contribution in [0.2, 0.25) is 0 Å². The Hall–Kier alpha value is -3.40. The molecule has 1 heterocycles. The minimum Gasteiger partial charge on any atom is -0.337 e. The molecule has 2 aliphatic rings. The Kier molecular flexibility index (Phi) is 7.63. The molecule has 3 atom stereocenters. The van der Waals surface area contributed by atoms with Crippen LogP contribution in [0.15, 0.2) is 53.4 Å². The summed E-state index contributed by atoms with van der Waals surface area (Å²) in [4.78, 5) is 38.3. The molecule has 0 radical (unpaired) electrons. The lowest BCUT2D eigenvalue weighted by molar-refractivity contribution is 0.0821. The number of carbonyl (C=O) groups excluding carboxylic acids is 3. The molecule has 4 rings (SSSR count). The highest BCUT2D eigenvalue weighted by molar-refractivity contribution is 7.90. The van der Waals surface area contributed by atoms with Crippen LogP contribution in [0.5, 0.6) is 0 Å². The number of hydrogen-bond acceptors (Lipinski definition) is 5. The van der Waals surface area contributed by atoms with Crippen molar-refractivity contribution in [3.8, 4) is 0 Å². The van der Waals surface area contributed by atoms with Crippen LogP contribution in [0.3, 0.4) is 0 Å². The monoisotopic (exact) mass is 512 g/mol. The van der Waals surface area contributed by atoms with E-state index < -0.39 is 22.1 Å². The molecule has 1 aliphatic heterocycles. The normalized spacial score (nSPS) is 21.6. The van der Waals surface area contributed by atoms with E-state index in [4.69, 9.17) is 0 Å². The summed E-state index contributed by atoms with van der Waals surface area (Å²) >= 11 is 0. The van der Waals surface area contributed by atoms with Gasteiger partial charge < -0.3 is 10.6 Å². The zero-order valence-corrected chi connectivity index (χ0v) is 21.3. The smallest absolute Gasteiger partial charge is 0.328 e. The molecule has 0 bridgehead atoms. The van der Waals surface area contributed by atoms with Crippen LogP contribution in [0.4, 0.5) is 9.59 Å². The second-order valence-corrected chi connectivity index (χ2v) is 11.4. The van der Waals surface area contributed by atoms with Crippen molar-refractivity contribution >= 4 is 28.0 Å². The molecule has 5 amide bonds. The molecule has 3 N–H and O–H groups in total. The minimum atomic E-state index is -4.00. The molecular weight excluding hydrogens is 480 g/mol. The third-order valence-electron chi connectivity index (χ3n) is 7.15. The first kappa shape index (κ1) is 25.7. The summed E-state index contributed by atoms with van der Waals surface area (Å²) in [6.07, 6.45) is 3.12. The number of benzene rings is 2. The van der Waals surface area contributed by atoms with Crippen molar-refractivity contribution in [3.63, 3.8) is 0 Å². The van der Waals surface area contributed by atoms with Gasteiger partial charge in [-0.25, -0.2) is 22.7 Å². The first-order chi connectivity index (χ1) is 17.1. The minimum absolute atomic E-state index is 0.0171. The summed E-state index contributed by atoms with van der Waals surface area (Å²) in [5.74, 6) is 0.758. The first-order valence-electron chi connectivity index (χ1n) is 12.2. The first-order valence-corrected chi connectivity index (χ1v) is 13.7. The maximum atomic E-state index is 12.6. The summed E-state index contributed by atoms with van der Waals surface area (Å²) in [7, 11) is -4.00. The predicted octanol–water partition coefficient (Wildman–Crippen LogP) is 3.41. The standard InChI is InChI=1S/C26H32N4O5S/c1-17-7-10-21(15-18(17)2)28-25(32)29-36(34,35)22-11-8-19(9-12-22)13-14-27-26(33)30-16-20-5-3-4-6-23(20)24(30)31/h3-6,8-9,11-12,17-18,21H,7,10,13-16H2,1-2H3,(H,27,33)(H2,28,29,32). The summed E-state index contributed by atoms with van der Waals surface area (Å²) < 4.78 is 27.3. The molecule has 0 saturated heterocycles. The number of nitrogens with zero attached hydrogens (tertiary/aromatic N) is 1. The van der Waals surface area contributed by atoms with Crippen LogP contribution >= 0.6 is 0 Å². The van der Waals surface area contributed by atoms with Gasteiger partial charge in [0.05, 0.1) is 11.4 Å². The molecule has 2 aromatic rings. The van der Waals surface area contributed by atoms with Gasteiger partial charge in [-0.2, -0.15) is 0 Å². The van der Waals surface area contributed by atoms with Crippen LogP contribution in [-0.2, 0) is 23.0 Å². The second kappa shape index (κ2) is 10.7. The van der Waals surface area contributed by atoms with Crippen LogP contribution in [-0.4, -0.2) is 43.9 Å². The van der Waals surface area contributed by atoms with E-state index in [0.717, 1.165) is 30.4 Å². The number of amides is 5. The van der Waals surface area contributed by atoms with Gasteiger partial charge >= 0.3 is 12.1 Å². The van der Waals surface area contributed by atoms with E-state index in [9.17, 15) is 22.8 Å². The second-order valence-electron chi connectivity index (χ2n) is 9.72. The predicted molar refractivity (Wildman–Crippen MR) is 135 cm³/mol. The number of fused-ring (bicyclic) bond motifs is 1. The highest BCUT2D eigenvalue weighted by atomic mass is 32.2. The lowest BCUT2D eigenvalue weighted by atomic mass is 9.79. The van der Waals surface area contributed by atoms with E-state index >= 15 is 0 Å². The molecule has 10 heteroatoms. The fraction of sp³-hybridized carbons (Fsp3) is 0.423. The lowest BCUT2D eigenvalue weighted by Crippen LogP contribution is -2.46. The lowest BCUT2D eigenvalue weighted by Gasteiger charge is -2.32. The van der Waals surface area contributed by atoms with Gasteiger partial charge in [0.25, 0.3) is 15.9 Å². The van der Waals surface area contributed by atoms with Gasteiger partial charge in [-0.3, -0.25) is 9.69 Å². The van der Waals surface area contributed by atoms with Gasteiger partial charge in [-0.1, -0.05) is 44.2 Å². The average Bonchev–Trinajstić information content (AvgIpc) is 3.18. The third-order valence-corrected chi connectivity index (χ3v) is 8.50. The molecule has 1 saturated carbocycles. The third kappa shape index (κ3) is 5.87. The van der Waals surface area contributed by atoms with Crippen LogP contribution in [0.1, 0.15) is 54.6 Å². The Morgan fingerprint density at radius 1 is 1.00 bits per heavy atom. The Labute approximate surface area is 211 Å². The molecule has 192 valence electrons. The summed E-state index contributed by atoms with van der Waals surface area (Å²) in [5, 5.41) is 5.52. The van der Waals surface area contributed by atoms with Gasteiger partial charge in [0.2, 0.25) is 0 Å². The molecule has 2 aromatic carbocycles. The molecule has 3 unspecified atom stereocenters. The number of carbonyl (C=O) groups is 3. The van der Waals surface area contributed by atoms with E-state index in [1.54, 1.807) is 24.3 Å². The summed E-state index contributed by atoms with van der Waals surface area (Å²) in [5.41, 5.74) is 2.16. The molecule has 36 heavy (non-hydrogen) atoms. The van der Waals surface area contributed by atoms with Crippen molar-refractivity contribution in [2.75, 3.05) is 6.54 Å². The SMILES string of the molecule is CC1CCC(NC(=O)NS(=O)(=O)c2ccc(CCNC(=O)N3Cc4ccccc4C3=O)cc2)CC1C. The van der Waals surface area contributed by atoms with E-state index in [1.165, 1.54) is 17.0 Å². The van der Waals surface area contributed by atoms with E-state index in [2.05, 4.69) is 29.2 Å². The van der Waals surface area contributed by atoms with Crippen LogP contribution in [0.25, 0.3) is 0 Å². The maximum absolute atomic E-state index is 12.6. The number of rotatable bonds is 6. The number of imide groups is 1. The molecule has 0 aromatic heterocycles. The fourth-order valence-corrected chi connectivity index (χ4v) is 5.65. The zero-order valence-electron chi connectivity index (χ0n) is 20.5. The number of nitrogens with one attached hydrogen (secondary N) is 3. The number of urea groups is 2. The highest BCUT2D eigenvalue weighted by Gasteiger charge is 2.31. The Morgan fingerprint density at radius 2 is 1.72 bits per heavy atom. The van der Waals surface area contributed by atoms with Crippen molar-refractivity contribution in [2.45, 2.75) is 57.0 Å². The molecule has 1 aliphatic carbocycles. The molecular formula is C26H32N4O5S.